The van der Waals surface area contributed by atoms with E-state index in [2.05, 4.69) is 10.3 Å². The maximum absolute atomic E-state index is 13.6. The number of esters is 2. The van der Waals surface area contributed by atoms with Crippen molar-refractivity contribution in [2.24, 2.45) is 5.92 Å². The van der Waals surface area contributed by atoms with Crippen molar-refractivity contribution in [2.45, 2.75) is 37.3 Å². The highest BCUT2D eigenvalue weighted by molar-refractivity contribution is 7.12. The number of carbonyl (C=O) groups is 5. The van der Waals surface area contributed by atoms with E-state index < -0.39 is 42.3 Å². The average Bonchev–Trinajstić information content (AvgIpc) is 3.56. The van der Waals surface area contributed by atoms with Gasteiger partial charge >= 0.3 is 30.3 Å². The van der Waals surface area contributed by atoms with Gasteiger partial charge in [-0.15, -0.1) is 11.3 Å². The van der Waals surface area contributed by atoms with Crippen LogP contribution in [-0.4, -0.2) is 96.0 Å². The number of quaternary nitrogens is 1. The van der Waals surface area contributed by atoms with Gasteiger partial charge in [-0.2, -0.15) is 26.3 Å². The molecule has 2 N–H and O–H groups in total. The molecule has 3 saturated heterocycles. The molecule has 1 unspecified atom stereocenters. The highest BCUT2D eigenvalue weighted by atomic mass is 32.1. The fraction of sp³-hybridized carbons (Fsp3) is 0.375. The van der Waals surface area contributed by atoms with E-state index in [1.807, 2.05) is 36.4 Å². The van der Waals surface area contributed by atoms with Gasteiger partial charge in [0.2, 0.25) is 5.78 Å². The molecular formula is C32H31F6N3O9S. The van der Waals surface area contributed by atoms with Crippen molar-refractivity contribution in [1.82, 2.24) is 4.98 Å². The molecule has 3 aliphatic heterocycles. The van der Waals surface area contributed by atoms with Gasteiger partial charge in [0.15, 0.2) is 12.1 Å². The van der Waals surface area contributed by atoms with Gasteiger partial charge in [0.1, 0.15) is 29.6 Å². The number of fused-ring (bicyclic) bond motifs is 3. The van der Waals surface area contributed by atoms with E-state index in [1.165, 1.54) is 18.4 Å². The molecule has 0 aliphatic carbocycles. The quantitative estimate of drug-likeness (QED) is 0.140. The number of nitrogens with one attached hydrogen (secondary N) is 1. The molecule has 3 aromatic rings. The van der Waals surface area contributed by atoms with Gasteiger partial charge in [0.05, 0.1) is 25.9 Å². The van der Waals surface area contributed by atoms with E-state index in [-0.39, 0.29) is 17.8 Å². The van der Waals surface area contributed by atoms with Crippen molar-refractivity contribution in [3.8, 4) is 0 Å². The SMILES string of the molecule is COC(=O)c1sccc1NC(C(=O)O[C@H]1C[N+]2(CC(=O)c3ccccn3)CCC1CC2)c1ccccc1.O=C(O)C(F)(F)F.O=C([O-])C(F)(F)F. The number of nitrogens with zero attached hydrogens (tertiary/aromatic N) is 2. The summed E-state index contributed by atoms with van der Waals surface area (Å²) in [6.45, 7) is 2.77. The van der Waals surface area contributed by atoms with E-state index in [0.717, 1.165) is 31.5 Å². The number of carbonyl (C=O) groups excluding carboxylic acids is 4. The number of piperidine rings is 3. The van der Waals surface area contributed by atoms with Gasteiger partial charge in [0, 0.05) is 25.0 Å². The number of rotatable bonds is 9. The Hall–Kier alpha value is -5.04. The van der Waals surface area contributed by atoms with Gasteiger partial charge in [-0.1, -0.05) is 36.4 Å². The molecule has 3 fully saturated rings. The van der Waals surface area contributed by atoms with Crippen LogP contribution < -0.4 is 10.4 Å². The molecule has 2 aromatic heterocycles. The third-order valence-electron chi connectivity index (χ3n) is 7.92. The molecule has 51 heavy (non-hydrogen) atoms. The highest BCUT2D eigenvalue weighted by Gasteiger charge is 2.49. The fourth-order valence-corrected chi connectivity index (χ4v) is 6.23. The summed E-state index contributed by atoms with van der Waals surface area (Å²) >= 11 is 1.25. The number of alkyl halides is 6. The Balaban J connectivity index is 0.000000424. The van der Waals surface area contributed by atoms with Crippen molar-refractivity contribution >= 4 is 46.7 Å². The lowest BCUT2D eigenvalue weighted by Gasteiger charge is -2.51. The number of ether oxygens (including phenoxy) is 2. The van der Waals surface area contributed by atoms with Crippen LogP contribution in [0.5, 0.6) is 0 Å². The van der Waals surface area contributed by atoms with E-state index in [9.17, 15) is 40.7 Å². The number of carboxylic acid groups (broad SMARTS) is 2. The Labute approximate surface area is 290 Å². The first-order valence-corrected chi connectivity index (χ1v) is 15.8. The fourth-order valence-electron chi connectivity index (χ4n) is 5.46. The van der Waals surface area contributed by atoms with Crippen LogP contribution >= 0.6 is 11.3 Å². The number of pyridine rings is 1. The first kappa shape index (κ1) is 40.4. The number of benzene rings is 1. The number of aromatic nitrogens is 1. The van der Waals surface area contributed by atoms with Gasteiger partial charge in [0.25, 0.3) is 0 Å². The van der Waals surface area contributed by atoms with Gasteiger partial charge in [-0.3, -0.25) is 9.78 Å². The minimum Gasteiger partial charge on any atom is -0.542 e. The third-order valence-corrected chi connectivity index (χ3v) is 8.81. The second kappa shape index (κ2) is 17.3. The smallest absolute Gasteiger partial charge is 0.490 e. The Kier molecular flexibility index (Phi) is 13.7. The van der Waals surface area contributed by atoms with Crippen LogP contribution in [0.1, 0.15) is 44.6 Å². The van der Waals surface area contributed by atoms with Gasteiger partial charge in [-0.05, 0) is 29.1 Å². The van der Waals surface area contributed by atoms with Crippen molar-refractivity contribution in [3.63, 3.8) is 0 Å². The summed E-state index contributed by atoms with van der Waals surface area (Å²) in [6.07, 6.45) is -7.10. The number of Topliss-reactive ketones (excluding diaryl/α,β-unsaturated/α-hetero) is 1. The molecule has 6 rings (SSSR count). The summed E-state index contributed by atoms with van der Waals surface area (Å²) in [4.78, 5) is 61.1. The van der Waals surface area contributed by atoms with Crippen LogP contribution in [-0.2, 0) is 23.9 Å². The minimum atomic E-state index is -5.19. The molecule has 5 heterocycles. The summed E-state index contributed by atoms with van der Waals surface area (Å²) in [5, 5.41) is 20.9. The van der Waals surface area contributed by atoms with Crippen LogP contribution in [0.15, 0.2) is 66.2 Å². The lowest BCUT2D eigenvalue weighted by atomic mass is 9.83. The lowest BCUT2D eigenvalue weighted by molar-refractivity contribution is -0.938. The summed E-state index contributed by atoms with van der Waals surface area (Å²) in [5.74, 6) is -6.33. The van der Waals surface area contributed by atoms with Crippen molar-refractivity contribution in [3.05, 3.63) is 82.3 Å². The molecule has 2 bridgehead atoms. The van der Waals surface area contributed by atoms with E-state index in [1.54, 1.807) is 29.8 Å². The van der Waals surface area contributed by atoms with Gasteiger partial charge in [-0.25, -0.2) is 14.4 Å². The summed E-state index contributed by atoms with van der Waals surface area (Å²) in [7, 11) is 1.33. The monoisotopic (exact) mass is 747 g/mol. The predicted molar refractivity (Wildman–Crippen MR) is 164 cm³/mol. The minimum absolute atomic E-state index is 0.0163. The van der Waals surface area contributed by atoms with Crippen LogP contribution in [0, 0.1) is 5.92 Å². The Bertz CT molecular complexity index is 1640. The van der Waals surface area contributed by atoms with Crippen LogP contribution in [0.4, 0.5) is 32.0 Å². The average molecular weight is 748 g/mol. The predicted octanol–water partition coefficient (Wildman–Crippen LogP) is 4.05. The largest absolute Gasteiger partial charge is 0.542 e. The zero-order chi connectivity index (χ0) is 38.0. The van der Waals surface area contributed by atoms with Crippen molar-refractivity contribution in [2.75, 3.05) is 38.6 Å². The second-order valence-electron chi connectivity index (χ2n) is 11.3. The number of hydrogen-bond donors (Lipinski definition) is 2. The summed E-state index contributed by atoms with van der Waals surface area (Å²) < 4.78 is 75.0. The Morgan fingerprint density at radius 3 is 2.08 bits per heavy atom. The molecule has 12 nitrogen and oxygen atoms in total. The normalized spacial score (nSPS) is 19.9. The Morgan fingerprint density at radius 2 is 1.57 bits per heavy atom. The van der Waals surface area contributed by atoms with Crippen molar-refractivity contribution in [1.29, 1.82) is 0 Å². The number of halogens is 6. The third kappa shape index (κ3) is 11.5. The molecule has 19 heteroatoms. The number of methoxy groups -OCH3 is 1. The summed E-state index contributed by atoms with van der Waals surface area (Å²) in [6, 6.07) is 15.7. The number of aliphatic carboxylic acids is 2. The molecule has 0 radical (unpaired) electrons. The maximum atomic E-state index is 13.6. The molecule has 2 atom stereocenters. The van der Waals surface area contributed by atoms with Crippen LogP contribution in [0.3, 0.4) is 0 Å². The topological polar surface area (TPSA) is 172 Å². The van der Waals surface area contributed by atoms with Crippen LogP contribution in [0.2, 0.25) is 0 Å². The van der Waals surface area contributed by atoms with E-state index in [0.29, 0.717) is 33.8 Å². The number of anilines is 1. The number of carboxylic acids is 2. The first-order valence-electron chi connectivity index (χ1n) is 14.9. The number of ketones is 1. The second-order valence-corrected chi connectivity index (χ2v) is 12.2. The molecule has 0 spiro atoms. The molecule has 276 valence electrons. The number of thiophene rings is 1. The van der Waals surface area contributed by atoms with Gasteiger partial charge < -0.3 is 34.3 Å². The van der Waals surface area contributed by atoms with Crippen LogP contribution in [0.25, 0.3) is 0 Å². The Morgan fingerprint density at radius 1 is 0.980 bits per heavy atom. The van der Waals surface area contributed by atoms with Crippen molar-refractivity contribution < 1.29 is 74.5 Å². The number of hydrogen-bond acceptors (Lipinski definition) is 11. The molecule has 3 aliphatic rings. The molecule has 0 saturated carbocycles. The molecule has 1 aromatic carbocycles. The lowest BCUT2D eigenvalue weighted by Crippen LogP contribution is -2.65. The highest BCUT2D eigenvalue weighted by Crippen LogP contribution is 2.37. The maximum Gasteiger partial charge on any atom is 0.490 e. The molecule has 0 amide bonds. The standard InChI is InChI=1S/C28H29N3O5S.2C2HF3O2/c1-35-28(34)26-22(12-16-37-26)30-25(20-7-3-2-4-8-20)27(33)36-24-18-31(14-10-19(24)11-15-31)17-23(32)21-9-5-6-13-29-21;2*3-2(4,5)1(6)7/h2-9,12-13,16,19,24-25H,10-11,14-15,17-18H2,1H3;2*(H,6,7)/t19?,24-,25?,31?;;/m0../s1. The van der Waals surface area contributed by atoms with E-state index in [4.69, 9.17) is 29.3 Å². The van der Waals surface area contributed by atoms with E-state index >= 15 is 0 Å². The summed E-state index contributed by atoms with van der Waals surface area (Å²) in [5.41, 5.74) is 1.74. The molecular weight excluding hydrogens is 716 g/mol. The zero-order valence-corrected chi connectivity index (χ0v) is 27.4. The first-order chi connectivity index (χ1) is 23.9. The zero-order valence-electron chi connectivity index (χ0n) is 26.6.